The molecule has 0 atom stereocenters. The summed E-state index contributed by atoms with van der Waals surface area (Å²) in [7, 11) is 0. The second-order valence-electron chi connectivity index (χ2n) is 7.06. The van der Waals surface area contributed by atoms with E-state index in [9.17, 15) is 13.6 Å². The maximum absolute atomic E-state index is 13.6. The molecular weight excluding hydrogens is 334 g/mol. The fourth-order valence-electron chi connectivity index (χ4n) is 3.93. The molecule has 5 heteroatoms. The van der Waals surface area contributed by atoms with Gasteiger partial charge in [-0.2, -0.15) is 0 Å². The topological polar surface area (TPSA) is 44.9 Å². The molecular formula is C21H20F2N2O. The van der Waals surface area contributed by atoms with Crippen LogP contribution in [0.3, 0.4) is 0 Å². The molecule has 1 saturated heterocycles. The van der Waals surface area contributed by atoms with Crippen LogP contribution in [0.5, 0.6) is 0 Å². The first kappa shape index (κ1) is 16.9. The molecule has 1 aromatic heterocycles. The van der Waals surface area contributed by atoms with Crippen LogP contribution >= 0.6 is 0 Å². The van der Waals surface area contributed by atoms with Crippen LogP contribution in [0.1, 0.15) is 28.8 Å². The Labute approximate surface area is 150 Å². The molecule has 0 unspecified atom stereocenters. The van der Waals surface area contributed by atoms with Gasteiger partial charge in [-0.05, 0) is 74.3 Å². The van der Waals surface area contributed by atoms with E-state index in [4.69, 9.17) is 0 Å². The van der Waals surface area contributed by atoms with E-state index in [2.05, 4.69) is 10.3 Å². The monoisotopic (exact) mass is 354 g/mol. The SMILES string of the molecule is O=C(c1ccc2[nH]ccc2c1)C1(Cc2ccc(F)c(F)c2)CCNCC1. The number of aromatic amines is 1. The first-order valence-corrected chi connectivity index (χ1v) is 8.84. The number of hydrogen-bond acceptors (Lipinski definition) is 2. The van der Waals surface area contributed by atoms with Crippen LogP contribution in [0.25, 0.3) is 10.9 Å². The van der Waals surface area contributed by atoms with Crippen molar-refractivity contribution in [3.8, 4) is 0 Å². The van der Waals surface area contributed by atoms with Gasteiger partial charge in [-0.3, -0.25) is 4.79 Å². The molecule has 0 amide bonds. The van der Waals surface area contributed by atoms with Crippen LogP contribution in [0, 0.1) is 17.0 Å². The van der Waals surface area contributed by atoms with Gasteiger partial charge < -0.3 is 10.3 Å². The maximum Gasteiger partial charge on any atom is 0.169 e. The fraction of sp³-hybridized carbons (Fsp3) is 0.286. The summed E-state index contributed by atoms with van der Waals surface area (Å²) in [6, 6.07) is 11.5. The lowest BCUT2D eigenvalue weighted by atomic mass is 9.69. The summed E-state index contributed by atoms with van der Waals surface area (Å²) in [4.78, 5) is 16.6. The molecule has 0 radical (unpaired) electrons. The number of benzene rings is 2. The predicted octanol–water partition coefficient (Wildman–Crippen LogP) is 4.24. The summed E-state index contributed by atoms with van der Waals surface area (Å²) >= 11 is 0. The van der Waals surface area contributed by atoms with Gasteiger partial charge in [0.2, 0.25) is 0 Å². The summed E-state index contributed by atoms with van der Waals surface area (Å²) in [5.74, 6) is -1.66. The first-order valence-electron chi connectivity index (χ1n) is 8.84. The van der Waals surface area contributed by atoms with E-state index >= 15 is 0 Å². The van der Waals surface area contributed by atoms with Crippen LogP contribution in [-0.4, -0.2) is 23.9 Å². The summed E-state index contributed by atoms with van der Waals surface area (Å²) < 4.78 is 26.9. The summed E-state index contributed by atoms with van der Waals surface area (Å²) in [5.41, 5.74) is 1.71. The zero-order valence-electron chi connectivity index (χ0n) is 14.3. The van der Waals surface area contributed by atoms with Crippen molar-refractivity contribution in [2.24, 2.45) is 5.41 Å². The van der Waals surface area contributed by atoms with Crippen molar-refractivity contribution < 1.29 is 13.6 Å². The highest BCUT2D eigenvalue weighted by Gasteiger charge is 2.40. The van der Waals surface area contributed by atoms with Crippen molar-refractivity contribution in [3.05, 3.63) is 71.4 Å². The Morgan fingerprint density at radius 2 is 1.81 bits per heavy atom. The van der Waals surface area contributed by atoms with Crippen LogP contribution in [0.4, 0.5) is 8.78 Å². The van der Waals surface area contributed by atoms with Crippen LogP contribution in [0.15, 0.2) is 48.7 Å². The molecule has 26 heavy (non-hydrogen) atoms. The van der Waals surface area contributed by atoms with Crippen LogP contribution < -0.4 is 5.32 Å². The van der Waals surface area contributed by atoms with Gasteiger partial charge in [0.25, 0.3) is 0 Å². The van der Waals surface area contributed by atoms with Gasteiger partial charge >= 0.3 is 0 Å². The van der Waals surface area contributed by atoms with Crippen molar-refractivity contribution >= 4 is 16.7 Å². The Hall–Kier alpha value is -2.53. The molecule has 1 aliphatic rings. The second kappa shape index (κ2) is 6.65. The quantitative estimate of drug-likeness (QED) is 0.688. The van der Waals surface area contributed by atoms with Gasteiger partial charge in [-0.1, -0.05) is 6.07 Å². The largest absolute Gasteiger partial charge is 0.361 e. The standard InChI is InChI=1S/C21H20F2N2O/c22-17-3-1-14(11-18(17)23)13-21(6-9-24-10-7-21)20(26)16-2-4-19-15(12-16)5-8-25-19/h1-5,8,11-12,24-25H,6-7,9-10,13H2. The van der Waals surface area contributed by atoms with Crippen molar-refractivity contribution in [2.45, 2.75) is 19.3 Å². The zero-order chi connectivity index (χ0) is 18.1. The molecule has 3 aromatic rings. The van der Waals surface area contributed by atoms with E-state index in [0.29, 0.717) is 30.4 Å². The number of Topliss-reactive ketones (excluding diaryl/α,β-unsaturated/α-hetero) is 1. The number of nitrogens with one attached hydrogen (secondary N) is 2. The molecule has 3 nitrogen and oxygen atoms in total. The molecule has 2 aromatic carbocycles. The minimum Gasteiger partial charge on any atom is -0.361 e. The number of halogens is 2. The molecule has 4 rings (SSSR count). The van der Waals surface area contributed by atoms with E-state index < -0.39 is 17.0 Å². The van der Waals surface area contributed by atoms with Crippen LogP contribution in [0.2, 0.25) is 0 Å². The number of carbonyl (C=O) groups is 1. The second-order valence-corrected chi connectivity index (χ2v) is 7.06. The highest BCUT2D eigenvalue weighted by molar-refractivity contribution is 6.03. The highest BCUT2D eigenvalue weighted by atomic mass is 19.2. The lowest BCUT2D eigenvalue weighted by molar-refractivity contribution is 0.0726. The van der Waals surface area contributed by atoms with Gasteiger partial charge in [-0.15, -0.1) is 0 Å². The third-order valence-corrected chi connectivity index (χ3v) is 5.38. The van der Waals surface area contributed by atoms with Gasteiger partial charge in [0, 0.05) is 28.1 Å². The smallest absolute Gasteiger partial charge is 0.169 e. The summed E-state index contributed by atoms with van der Waals surface area (Å²) in [6.07, 6.45) is 3.61. The minimum atomic E-state index is -0.868. The molecule has 0 bridgehead atoms. The molecule has 0 spiro atoms. The molecule has 0 aliphatic carbocycles. The number of fused-ring (bicyclic) bond motifs is 1. The highest BCUT2D eigenvalue weighted by Crippen LogP contribution is 2.37. The van der Waals surface area contributed by atoms with Gasteiger partial charge in [0.05, 0.1) is 0 Å². The Kier molecular flexibility index (Phi) is 4.32. The van der Waals surface area contributed by atoms with E-state index in [1.54, 1.807) is 6.07 Å². The van der Waals surface area contributed by atoms with Gasteiger partial charge in [-0.25, -0.2) is 8.78 Å². The van der Waals surface area contributed by atoms with E-state index in [1.807, 2.05) is 30.5 Å². The number of piperidine rings is 1. The molecule has 1 fully saturated rings. The summed E-state index contributed by atoms with van der Waals surface area (Å²) in [6.45, 7) is 1.48. The zero-order valence-corrected chi connectivity index (χ0v) is 14.3. The average Bonchev–Trinajstić information content (AvgIpc) is 3.12. The lowest BCUT2D eigenvalue weighted by Crippen LogP contribution is -2.43. The average molecular weight is 354 g/mol. The first-order chi connectivity index (χ1) is 12.6. The number of rotatable bonds is 4. The Morgan fingerprint density at radius 3 is 2.58 bits per heavy atom. The fourth-order valence-corrected chi connectivity index (χ4v) is 3.93. The normalized spacial score (nSPS) is 16.7. The Morgan fingerprint density at radius 1 is 1.00 bits per heavy atom. The van der Waals surface area contributed by atoms with E-state index in [0.717, 1.165) is 30.1 Å². The number of H-pyrrole nitrogens is 1. The number of ketones is 1. The van der Waals surface area contributed by atoms with Gasteiger partial charge in [0.1, 0.15) is 0 Å². The van der Waals surface area contributed by atoms with Crippen molar-refractivity contribution in [1.82, 2.24) is 10.3 Å². The maximum atomic E-state index is 13.6. The third-order valence-electron chi connectivity index (χ3n) is 5.38. The molecule has 134 valence electrons. The Balaban J connectivity index is 1.70. The number of aromatic nitrogens is 1. The number of carbonyl (C=O) groups excluding carboxylic acids is 1. The molecule has 2 heterocycles. The summed E-state index contributed by atoms with van der Waals surface area (Å²) in [5, 5.41) is 4.28. The van der Waals surface area contributed by atoms with E-state index in [-0.39, 0.29) is 5.78 Å². The minimum absolute atomic E-state index is 0.0758. The van der Waals surface area contributed by atoms with Gasteiger partial charge in [0.15, 0.2) is 17.4 Å². The molecule has 2 N–H and O–H groups in total. The Bertz CT molecular complexity index is 958. The molecule has 1 aliphatic heterocycles. The van der Waals surface area contributed by atoms with Crippen molar-refractivity contribution in [2.75, 3.05) is 13.1 Å². The number of hydrogen-bond donors (Lipinski definition) is 2. The lowest BCUT2D eigenvalue weighted by Gasteiger charge is -2.36. The van der Waals surface area contributed by atoms with E-state index in [1.165, 1.54) is 6.07 Å². The van der Waals surface area contributed by atoms with Crippen molar-refractivity contribution in [1.29, 1.82) is 0 Å². The van der Waals surface area contributed by atoms with Crippen LogP contribution in [-0.2, 0) is 6.42 Å². The van der Waals surface area contributed by atoms with Crippen molar-refractivity contribution in [3.63, 3.8) is 0 Å². The predicted molar refractivity (Wildman–Crippen MR) is 97.2 cm³/mol. The molecule has 0 saturated carbocycles. The third kappa shape index (κ3) is 3.03.